The van der Waals surface area contributed by atoms with E-state index in [1.807, 2.05) is 7.05 Å². The second-order valence-electron chi connectivity index (χ2n) is 7.68. The number of hydrogen-bond acceptors (Lipinski definition) is 4. The number of aliphatic imine (C=N–C) groups is 1. The number of guanidine groups is 1. The first-order valence-electron chi connectivity index (χ1n) is 10.0. The van der Waals surface area contributed by atoms with Gasteiger partial charge in [0.05, 0.1) is 14.2 Å². The monoisotopic (exact) mass is 374 g/mol. The van der Waals surface area contributed by atoms with Crippen LogP contribution in [0.2, 0.25) is 0 Å². The van der Waals surface area contributed by atoms with Crippen LogP contribution in [0.15, 0.2) is 17.1 Å². The number of nitrogens with one attached hydrogen (secondary N) is 1. The number of ether oxygens (including phenoxy) is 2. The molecule has 0 radical (unpaired) electrons. The third-order valence-corrected chi connectivity index (χ3v) is 5.56. The van der Waals surface area contributed by atoms with E-state index in [-0.39, 0.29) is 0 Å². The summed E-state index contributed by atoms with van der Waals surface area (Å²) in [7, 11) is 5.24. The number of fused-ring (bicyclic) bond motifs is 1. The predicted octanol–water partition coefficient (Wildman–Crippen LogP) is 2.51. The Bertz CT molecular complexity index is 668. The number of methoxy groups -OCH3 is 2. The van der Waals surface area contributed by atoms with E-state index in [4.69, 9.17) is 9.47 Å². The maximum absolute atomic E-state index is 5.47. The first-order valence-corrected chi connectivity index (χ1v) is 10.0. The molecule has 0 atom stereocenters. The van der Waals surface area contributed by atoms with Crippen LogP contribution in [-0.2, 0) is 13.0 Å². The highest BCUT2D eigenvalue weighted by atomic mass is 16.5. The van der Waals surface area contributed by atoms with E-state index in [0.717, 1.165) is 56.1 Å². The summed E-state index contributed by atoms with van der Waals surface area (Å²) < 4.78 is 10.9. The van der Waals surface area contributed by atoms with Gasteiger partial charge in [-0.3, -0.25) is 9.89 Å². The molecule has 27 heavy (non-hydrogen) atoms. The molecule has 1 aliphatic carbocycles. The van der Waals surface area contributed by atoms with Gasteiger partial charge in [-0.2, -0.15) is 0 Å². The van der Waals surface area contributed by atoms with Crippen LogP contribution in [0.3, 0.4) is 0 Å². The van der Waals surface area contributed by atoms with Crippen LogP contribution in [0.1, 0.15) is 37.8 Å². The Labute approximate surface area is 163 Å². The van der Waals surface area contributed by atoms with E-state index in [9.17, 15) is 0 Å². The Balaban J connectivity index is 1.60. The fourth-order valence-corrected chi connectivity index (χ4v) is 3.96. The molecular formula is C21H34N4O2. The van der Waals surface area contributed by atoms with E-state index >= 15 is 0 Å². The van der Waals surface area contributed by atoms with E-state index in [1.54, 1.807) is 14.2 Å². The van der Waals surface area contributed by atoms with Gasteiger partial charge >= 0.3 is 0 Å². The SMILES string of the molecule is CN=C(NCCN(C(C)C)C1CC1)N1CCc2cc(OC)c(OC)cc2C1. The van der Waals surface area contributed by atoms with E-state index in [1.165, 1.54) is 24.0 Å². The average Bonchev–Trinajstić information content (AvgIpc) is 3.51. The van der Waals surface area contributed by atoms with Gasteiger partial charge in [0.1, 0.15) is 0 Å². The normalized spacial score (nSPS) is 17.3. The van der Waals surface area contributed by atoms with Gasteiger partial charge in [0.2, 0.25) is 0 Å². The minimum atomic E-state index is 0.602. The van der Waals surface area contributed by atoms with Crippen molar-refractivity contribution in [3.63, 3.8) is 0 Å². The summed E-state index contributed by atoms with van der Waals surface area (Å²) in [5.41, 5.74) is 2.61. The van der Waals surface area contributed by atoms with Crippen molar-refractivity contribution in [3.05, 3.63) is 23.3 Å². The molecule has 2 aliphatic rings. The van der Waals surface area contributed by atoms with Crippen molar-refractivity contribution in [3.8, 4) is 11.5 Å². The average molecular weight is 375 g/mol. The molecule has 1 heterocycles. The van der Waals surface area contributed by atoms with Crippen molar-refractivity contribution < 1.29 is 9.47 Å². The van der Waals surface area contributed by atoms with Crippen molar-refractivity contribution in [2.45, 2.75) is 51.7 Å². The molecule has 1 aromatic carbocycles. The summed E-state index contributed by atoms with van der Waals surface area (Å²) in [5, 5.41) is 3.57. The van der Waals surface area contributed by atoms with Crippen LogP contribution >= 0.6 is 0 Å². The molecule has 1 fully saturated rings. The summed E-state index contributed by atoms with van der Waals surface area (Å²) in [6, 6.07) is 5.60. The van der Waals surface area contributed by atoms with Crippen LogP contribution < -0.4 is 14.8 Å². The van der Waals surface area contributed by atoms with Crippen molar-refractivity contribution in [2.75, 3.05) is 40.9 Å². The summed E-state index contributed by atoms with van der Waals surface area (Å²) >= 11 is 0. The lowest BCUT2D eigenvalue weighted by Crippen LogP contribution is -2.47. The molecule has 3 rings (SSSR count). The molecule has 0 spiro atoms. The second-order valence-corrected chi connectivity index (χ2v) is 7.68. The first-order chi connectivity index (χ1) is 13.1. The highest BCUT2D eigenvalue weighted by Gasteiger charge is 2.30. The van der Waals surface area contributed by atoms with Crippen LogP contribution in [0.4, 0.5) is 0 Å². The number of benzene rings is 1. The quantitative estimate of drug-likeness (QED) is 0.587. The van der Waals surface area contributed by atoms with Crippen molar-refractivity contribution in [1.82, 2.24) is 15.1 Å². The third kappa shape index (κ3) is 4.67. The maximum atomic E-state index is 5.47. The van der Waals surface area contributed by atoms with Crippen molar-refractivity contribution >= 4 is 5.96 Å². The van der Waals surface area contributed by atoms with Crippen LogP contribution in [0.25, 0.3) is 0 Å². The molecular weight excluding hydrogens is 340 g/mol. The highest BCUT2D eigenvalue weighted by Crippen LogP contribution is 2.33. The Kier molecular flexibility index (Phi) is 6.47. The molecule has 1 N–H and O–H groups in total. The van der Waals surface area contributed by atoms with Gasteiger partial charge in [-0.25, -0.2) is 0 Å². The Morgan fingerprint density at radius 3 is 2.44 bits per heavy atom. The molecule has 150 valence electrons. The number of hydrogen-bond donors (Lipinski definition) is 1. The first kappa shape index (κ1) is 19.8. The van der Waals surface area contributed by atoms with E-state index in [2.05, 4.69) is 46.1 Å². The molecule has 0 unspecified atom stereocenters. The van der Waals surface area contributed by atoms with Gasteiger partial charge in [-0.15, -0.1) is 0 Å². The maximum Gasteiger partial charge on any atom is 0.194 e. The van der Waals surface area contributed by atoms with Crippen LogP contribution in [-0.4, -0.2) is 68.7 Å². The molecule has 0 saturated heterocycles. The lowest BCUT2D eigenvalue weighted by molar-refractivity contribution is 0.214. The van der Waals surface area contributed by atoms with Gasteiger partial charge < -0.3 is 19.7 Å². The van der Waals surface area contributed by atoms with Crippen LogP contribution in [0, 0.1) is 0 Å². The van der Waals surface area contributed by atoms with Crippen LogP contribution in [0.5, 0.6) is 11.5 Å². The van der Waals surface area contributed by atoms with Gasteiger partial charge in [0.25, 0.3) is 0 Å². The largest absolute Gasteiger partial charge is 0.493 e. The predicted molar refractivity (Wildman–Crippen MR) is 110 cm³/mol. The molecule has 1 aromatic rings. The topological polar surface area (TPSA) is 49.3 Å². The summed E-state index contributed by atoms with van der Waals surface area (Å²) in [6.45, 7) is 8.37. The molecule has 0 aromatic heterocycles. The Morgan fingerprint density at radius 1 is 1.22 bits per heavy atom. The fraction of sp³-hybridized carbons (Fsp3) is 0.667. The fourth-order valence-electron chi connectivity index (χ4n) is 3.96. The lowest BCUT2D eigenvalue weighted by atomic mass is 9.99. The smallest absolute Gasteiger partial charge is 0.194 e. The molecule has 0 amide bonds. The Hall–Kier alpha value is -1.95. The number of rotatable bonds is 7. The van der Waals surface area contributed by atoms with Crippen molar-refractivity contribution in [2.24, 2.45) is 4.99 Å². The minimum Gasteiger partial charge on any atom is -0.493 e. The van der Waals surface area contributed by atoms with Gasteiger partial charge in [0.15, 0.2) is 17.5 Å². The van der Waals surface area contributed by atoms with Gasteiger partial charge in [-0.1, -0.05) is 0 Å². The molecule has 0 bridgehead atoms. The molecule has 6 heteroatoms. The van der Waals surface area contributed by atoms with E-state index < -0.39 is 0 Å². The van der Waals surface area contributed by atoms with E-state index in [0.29, 0.717) is 6.04 Å². The standard InChI is InChI=1S/C21H34N4O2/c1-15(2)25(18-6-7-18)11-9-23-21(22-3)24-10-8-16-12-19(26-4)20(27-5)13-17(16)14-24/h12-13,15,18H,6-11,14H2,1-5H3,(H,22,23). The second kappa shape index (κ2) is 8.83. The van der Waals surface area contributed by atoms with Gasteiger partial charge in [0, 0.05) is 45.3 Å². The molecule has 1 aliphatic heterocycles. The molecule has 1 saturated carbocycles. The Morgan fingerprint density at radius 2 is 1.89 bits per heavy atom. The van der Waals surface area contributed by atoms with Crippen molar-refractivity contribution in [1.29, 1.82) is 0 Å². The summed E-state index contributed by atoms with van der Waals surface area (Å²) in [5.74, 6) is 2.58. The number of nitrogens with zero attached hydrogens (tertiary/aromatic N) is 3. The minimum absolute atomic E-state index is 0.602. The summed E-state index contributed by atoms with van der Waals surface area (Å²) in [6.07, 6.45) is 3.68. The highest BCUT2D eigenvalue weighted by molar-refractivity contribution is 5.80. The zero-order valence-electron chi connectivity index (χ0n) is 17.4. The van der Waals surface area contributed by atoms with Gasteiger partial charge in [-0.05, 0) is 56.4 Å². The zero-order valence-corrected chi connectivity index (χ0v) is 17.4. The summed E-state index contributed by atoms with van der Waals surface area (Å²) in [4.78, 5) is 9.44. The molecule has 6 nitrogen and oxygen atoms in total. The zero-order chi connectivity index (χ0) is 19.4. The lowest BCUT2D eigenvalue weighted by Gasteiger charge is -2.33. The third-order valence-electron chi connectivity index (χ3n) is 5.56.